The van der Waals surface area contributed by atoms with Crippen molar-refractivity contribution in [2.24, 2.45) is 0 Å². The van der Waals surface area contributed by atoms with Crippen LogP contribution in [0.1, 0.15) is 24.2 Å². The molecule has 1 fully saturated rings. The molecule has 0 amide bonds. The Labute approximate surface area is 99.0 Å². The molecule has 1 N–H and O–H groups in total. The highest BCUT2D eigenvalue weighted by atomic mass is 32.2. The molecule has 2 rings (SSSR count). The van der Waals surface area contributed by atoms with Crippen molar-refractivity contribution in [2.45, 2.75) is 23.2 Å². The monoisotopic (exact) mass is 235 g/mol. The zero-order valence-electron chi connectivity index (χ0n) is 9.01. The van der Waals surface area contributed by atoms with Gasteiger partial charge in [0.1, 0.15) is 0 Å². The SMILES string of the molecule is C[C@H](O)c1ccc(C#N)cc1SC1COC1. The molecule has 1 aliphatic heterocycles. The summed E-state index contributed by atoms with van der Waals surface area (Å²) in [6, 6.07) is 7.52. The molecule has 0 bridgehead atoms. The van der Waals surface area contributed by atoms with E-state index in [1.165, 1.54) is 0 Å². The topological polar surface area (TPSA) is 53.2 Å². The highest BCUT2D eigenvalue weighted by Gasteiger charge is 2.21. The highest BCUT2D eigenvalue weighted by molar-refractivity contribution is 8.00. The number of ether oxygens (including phenoxy) is 1. The lowest BCUT2D eigenvalue weighted by Crippen LogP contribution is -2.30. The number of benzene rings is 1. The first-order valence-corrected chi connectivity index (χ1v) is 6.05. The van der Waals surface area contributed by atoms with Crippen LogP contribution in [0.4, 0.5) is 0 Å². The molecule has 0 aliphatic carbocycles. The quantitative estimate of drug-likeness (QED) is 0.871. The zero-order chi connectivity index (χ0) is 11.5. The summed E-state index contributed by atoms with van der Waals surface area (Å²) in [4.78, 5) is 0.988. The summed E-state index contributed by atoms with van der Waals surface area (Å²) in [5.41, 5.74) is 1.52. The van der Waals surface area contributed by atoms with Gasteiger partial charge >= 0.3 is 0 Å². The Balaban J connectivity index is 2.26. The van der Waals surface area contributed by atoms with Crippen molar-refractivity contribution in [3.05, 3.63) is 29.3 Å². The summed E-state index contributed by atoms with van der Waals surface area (Å²) in [5.74, 6) is 0. The van der Waals surface area contributed by atoms with Gasteiger partial charge in [-0.3, -0.25) is 0 Å². The van der Waals surface area contributed by atoms with Crippen LogP contribution >= 0.6 is 11.8 Å². The predicted octanol–water partition coefficient (Wildman–Crippen LogP) is 2.10. The van der Waals surface area contributed by atoms with Gasteiger partial charge in [-0.25, -0.2) is 0 Å². The Bertz CT molecular complexity index is 422. The molecule has 3 nitrogen and oxygen atoms in total. The Morgan fingerprint density at radius 2 is 2.31 bits per heavy atom. The van der Waals surface area contributed by atoms with Crippen LogP contribution in [-0.4, -0.2) is 23.6 Å². The van der Waals surface area contributed by atoms with E-state index in [-0.39, 0.29) is 0 Å². The smallest absolute Gasteiger partial charge is 0.0992 e. The van der Waals surface area contributed by atoms with E-state index < -0.39 is 6.10 Å². The number of hydrogen-bond donors (Lipinski definition) is 1. The van der Waals surface area contributed by atoms with Crippen LogP contribution in [0.15, 0.2) is 23.1 Å². The molecular weight excluding hydrogens is 222 g/mol. The van der Waals surface area contributed by atoms with E-state index in [2.05, 4.69) is 6.07 Å². The van der Waals surface area contributed by atoms with E-state index in [0.29, 0.717) is 10.8 Å². The van der Waals surface area contributed by atoms with Gasteiger partial charge in [-0.15, -0.1) is 11.8 Å². The Morgan fingerprint density at radius 3 is 2.81 bits per heavy atom. The summed E-state index contributed by atoms with van der Waals surface area (Å²) in [7, 11) is 0. The Kier molecular flexibility index (Phi) is 3.49. The maximum absolute atomic E-state index is 9.64. The molecule has 1 heterocycles. The molecule has 0 saturated carbocycles. The average Bonchev–Trinajstić information content (AvgIpc) is 2.22. The number of thioether (sulfide) groups is 1. The van der Waals surface area contributed by atoms with Gasteiger partial charge < -0.3 is 9.84 Å². The zero-order valence-corrected chi connectivity index (χ0v) is 9.83. The van der Waals surface area contributed by atoms with E-state index in [1.54, 1.807) is 24.8 Å². The Morgan fingerprint density at radius 1 is 1.56 bits per heavy atom. The van der Waals surface area contributed by atoms with Gasteiger partial charge in [0.2, 0.25) is 0 Å². The number of hydrogen-bond acceptors (Lipinski definition) is 4. The number of rotatable bonds is 3. The fourth-order valence-electron chi connectivity index (χ4n) is 1.51. The number of aliphatic hydroxyl groups is 1. The second kappa shape index (κ2) is 4.88. The third-order valence-electron chi connectivity index (χ3n) is 2.49. The van der Waals surface area contributed by atoms with Gasteiger partial charge in [-0.2, -0.15) is 5.26 Å². The van der Waals surface area contributed by atoms with Crippen LogP contribution in [0.3, 0.4) is 0 Å². The molecule has 0 aromatic heterocycles. The van der Waals surface area contributed by atoms with Crippen molar-refractivity contribution in [1.29, 1.82) is 5.26 Å². The minimum atomic E-state index is -0.503. The first-order chi connectivity index (χ1) is 7.70. The van der Waals surface area contributed by atoms with Gasteiger partial charge in [-0.05, 0) is 24.6 Å². The summed E-state index contributed by atoms with van der Waals surface area (Å²) < 4.78 is 5.12. The second-order valence-electron chi connectivity index (χ2n) is 3.82. The largest absolute Gasteiger partial charge is 0.389 e. The van der Waals surface area contributed by atoms with Crippen molar-refractivity contribution >= 4 is 11.8 Å². The van der Waals surface area contributed by atoms with E-state index in [0.717, 1.165) is 23.7 Å². The highest BCUT2D eigenvalue weighted by Crippen LogP contribution is 2.34. The maximum Gasteiger partial charge on any atom is 0.0992 e. The molecule has 84 valence electrons. The van der Waals surface area contributed by atoms with E-state index in [1.807, 2.05) is 12.1 Å². The lowest BCUT2D eigenvalue weighted by atomic mass is 10.1. The molecule has 1 aromatic carbocycles. The number of nitriles is 1. The van der Waals surface area contributed by atoms with E-state index in [4.69, 9.17) is 10.00 Å². The van der Waals surface area contributed by atoms with Gasteiger partial charge in [-0.1, -0.05) is 6.07 Å². The fourth-order valence-corrected chi connectivity index (χ4v) is 2.77. The van der Waals surface area contributed by atoms with Gasteiger partial charge in [0.05, 0.1) is 36.2 Å². The minimum Gasteiger partial charge on any atom is -0.389 e. The molecule has 4 heteroatoms. The van der Waals surface area contributed by atoms with Crippen LogP contribution in [0.25, 0.3) is 0 Å². The third kappa shape index (κ3) is 2.38. The number of aliphatic hydroxyl groups excluding tert-OH is 1. The molecular formula is C12H13NO2S. The first kappa shape index (κ1) is 11.5. The fraction of sp³-hybridized carbons (Fsp3) is 0.417. The predicted molar refractivity (Wildman–Crippen MR) is 62.3 cm³/mol. The maximum atomic E-state index is 9.64. The lowest BCUT2D eigenvalue weighted by Gasteiger charge is -2.26. The number of nitrogens with zero attached hydrogens (tertiary/aromatic N) is 1. The van der Waals surface area contributed by atoms with Crippen molar-refractivity contribution in [3.8, 4) is 6.07 Å². The molecule has 1 aromatic rings. The minimum absolute atomic E-state index is 0.450. The Hall–Kier alpha value is -1.02. The summed E-state index contributed by atoms with van der Waals surface area (Å²) in [6.07, 6.45) is -0.503. The van der Waals surface area contributed by atoms with Crippen molar-refractivity contribution < 1.29 is 9.84 Å². The van der Waals surface area contributed by atoms with Crippen molar-refractivity contribution in [3.63, 3.8) is 0 Å². The van der Waals surface area contributed by atoms with Gasteiger partial charge in [0.25, 0.3) is 0 Å². The molecule has 0 spiro atoms. The molecule has 1 atom stereocenters. The molecule has 1 aliphatic rings. The van der Waals surface area contributed by atoms with E-state index >= 15 is 0 Å². The first-order valence-electron chi connectivity index (χ1n) is 5.17. The third-order valence-corrected chi connectivity index (χ3v) is 3.71. The van der Waals surface area contributed by atoms with Gasteiger partial charge in [0, 0.05) is 4.90 Å². The van der Waals surface area contributed by atoms with Gasteiger partial charge in [0.15, 0.2) is 0 Å². The van der Waals surface area contributed by atoms with Crippen molar-refractivity contribution in [1.82, 2.24) is 0 Å². The summed E-state index contributed by atoms with van der Waals surface area (Å²) in [6.45, 7) is 3.24. The van der Waals surface area contributed by atoms with E-state index in [9.17, 15) is 5.11 Å². The summed E-state index contributed by atoms with van der Waals surface area (Å²) in [5, 5.41) is 18.9. The molecule has 16 heavy (non-hydrogen) atoms. The van der Waals surface area contributed by atoms with Crippen LogP contribution in [0.2, 0.25) is 0 Å². The second-order valence-corrected chi connectivity index (χ2v) is 5.16. The lowest BCUT2D eigenvalue weighted by molar-refractivity contribution is 0.0455. The van der Waals surface area contributed by atoms with Crippen LogP contribution in [0, 0.1) is 11.3 Å². The molecule has 1 saturated heterocycles. The standard InChI is InChI=1S/C12H13NO2S/c1-8(14)11-3-2-9(5-13)4-12(11)16-10-6-15-7-10/h2-4,8,10,14H,6-7H2,1H3/t8-/m0/s1. The van der Waals surface area contributed by atoms with Crippen molar-refractivity contribution in [2.75, 3.05) is 13.2 Å². The normalized spacial score (nSPS) is 17.6. The average molecular weight is 235 g/mol. The van der Waals surface area contributed by atoms with Crippen LogP contribution in [-0.2, 0) is 4.74 Å². The van der Waals surface area contributed by atoms with Crippen LogP contribution in [0.5, 0.6) is 0 Å². The van der Waals surface area contributed by atoms with Crippen LogP contribution < -0.4 is 0 Å². The molecule has 0 unspecified atom stereocenters. The molecule has 0 radical (unpaired) electrons. The summed E-state index contributed by atoms with van der Waals surface area (Å²) >= 11 is 1.68.